The highest BCUT2D eigenvalue weighted by atomic mass is 32.1. The van der Waals surface area contributed by atoms with Crippen molar-refractivity contribution in [1.82, 2.24) is 9.78 Å². The van der Waals surface area contributed by atoms with Gasteiger partial charge < -0.3 is 21.1 Å². The maximum atomic E-state index is 12.7. The van der Waals surface area contributed by atoms with E-state index >= 15 is 0 Å². The molecule has 3 rings (SSSR count). The van der Waals surface area contributed by atoms with Gasteiger partial charge in [0, 0.05) is 18.1 Å². The van der Waals surface area contributed by atoms with E-state index in [4.69, 9.17) is 22.7 Å². The van der Waals surface area contributed by atoms with Gasteiger partial charge in [0.15, 0.2) is 10.8 Å². The molecular formula is C19H25N5O3S2. The first-order valence-electron chi connectivity index (χ1n) is 9.63. The zero-order valence-corrected chi connectivity index (χ0v) is 18.2. The molecule has 0 radical (unpaired) electrons. The number of rotatable bonds is 5. The molecule has 0 aliphatic heterocycles. The average Bonchev–Trinajstić information content (AvgIpc) is 3.15. The zero-order chi connectivity index (χ0) is 21.0. The van der Waals surface area contributed by atoms with Crippen LogP contribution in [0.25, 0.3) is 0 Å². The maximum Gasteiger partial charge on any atom is 0.341 e. The van der Waals surface area contributed by atoms with E-state index in [1.807, 2.05) is 0 Å². The molecule has 2 heterocycles. The Morgan fingerprint density at radius 2 is 2.00 bits per heavy atom. The molecule has 0 saturated carbocycles. The van der Waals surface area contributed by atoms with Crippen LogP contribution in [0.3, 0.4) is 0 Å². The highest BCUT2D eigenvalue weighted by Gasteiger charge is 2.26. The minimum absolute atomic E-state index is 0.0979. The topological polar surface area (TPSA) is 111 Å². The van der Waals surface area contributed by atoms with E-state index in [0.29, 0.717) is 22.9 Å². The SMILES string of the molecule is CCOC(=O)c1c(NC(=S)Nc2cn(C)nc2C(N)=O)sc2c1CCCCCC2. The van der Waals surface area contributed by atoms with Crippen LogP contribution in [0.1, 0.15) is 63.9 Å². The first-order chi connectivity index (χ1) is 13.9. The third-order valence-electron chi connectivity index (χ3n) is 4.69. The van der Waals surface area contributed by atoms with E-state index in [1.165, 1.54) is 16.0 Å². The van der Waals surface area contributed by atoms with Crippen LogP contribution in [-0.2, 0) is 24.6 Å². The summed E-state index contributed by atoms with van der Waals surface area (Å²) in [6, 6.07) is 0. The van der Waals surface area contributed by atoms with Crippen molar-refractivity contribution in [3.8, 4) is 0 Å². The molecule has 0 atom stereocenters. The zero-order valence-electron chi connectivity index (χ0n) is 16.5. The van der Waals surface area contributed by atoms with Crippen LogP contribution < -0.4 is 16.4 Å². The van der Waals surface area contributed by atoms with E-state index in [1.54, 1.807) is 31.5 Å². The van der Waals surface area contributed by atoms with Gasteiger partial charge in [0.25, 0.3) is 5.91 Å². The van der Waals surface area contributed by atoms with Gasteiger partial charge in [0.05, 0.1) is 17.9 Å². The second-order valence-corrected chi connectivity index (χ2v) is 8.36. The summed E-state index contributed by atoms with van der Waals surface area (Å²) in [5.74, 6) is -0.989. The van der Waals surface area contributed by atoms with Crippen LogP contribution in [0.4, 0.5) is 10.7 Å². The van der Waals surface area contributed by atoms with Crippen LogP contribution in [0.15, 0.2) is 6.20 Å². The normalized spacial score (nSPS) is 13.7. The van der Waals surface area contributed by atoms with Gasteiger partial charge >= 0.3 is 5.97 Å². The number of primary amides is 1. The molecule has 10 heteroatoms. The van der Waals surface area contributed by atoms with Crippen LogP contribution in [-0.4, -0.2) is 33.4 Å². The molecule has 156 valence electrons. The quantitative estimate of drug-likeness (QED) is 0.488. The predicted molar refractivity (Wildman–Crippen MR) is 118 cm³/mol. The van der Waals surface area contributed by atoms with Gasteiger partial charge in [0.2, 0.25) is 0 Å². The lowest BCUT2D eigenvalue weighted by atomic mass is 9.96. The van der Waals surface area contributed by atoms with Gasteiger partial charge in [-0.1, -0.05) is 12.8 Å². The Hall–Kier alpha value is -2.46. The van der Waals surface area contributed by atoms with Crippen LogP contribution in [0, 0.1) is 0 Å². The molecule has 1 amide bonds. The fourth-order valence-corrected chi connectivity index (χ4v) is 5.00. The lowest BCUT2D eigenvalue weighted by Crippen LogP contribution is -2.22. The molecule has 1 aliphatic carbocycles. The summed E-state index contributed by atoms with van der Waals surface area (Å²) >= 11 is 6.96. The number of nitrogens with zero attached hydrogens (tertiary/aromatic N) is 2. The first kappa shape index (κ1) is 21.3. The van der Waals surface area contributed by atoms with Gasteiger partial charge in [-0.25, -0.2) is 4.79 Å². The fraction of sp³-hybridized carbons (Fsp3) is 0.474. The van der Waals surface area contributed by atoms with Crippen LogP contribution in [0.2, 0.25) is 0 Å². The summed E-state index contributed by atoms with van der Waals surface area (Å²) in [7, 11) is 1.69. The fourth-order valence-electron chi connectivity index (χ4n) is 3.45. The standard InChI is InChI=1S/C19H25N5O3S2/c1-3-27-18(26)14-11-8-6-4-5-7-9-13(11)29-17(14)22-19(28)21-12-10-24(2)23-15(12)16(20)25/h10H,3-9H2,1-2H3,(H2,20,25)(H2,21,22,28). The number of carbonyl (C=O) groups excluding carboxylic acids is 2. The van der Waals surface area contributed by atoms with Crippen molar-refractivity contribution in [3.63, 3.8) is 0 Å². The molecule has 0 fully saturated rings. The van der Waals surface area contributed by atoms with Crippen molar-refractivity contribution in [1.29, 1.82) is 0 Å². The molecule has 0 unspecified atom stereocenters. The van der Waals surface area contributed by atoms with E-state index in [9.17, 15) is 9.59 Å². The summed E-state index contributed by atoms with van der Waals surface area (Å²) in [4.78, 5) is 25.5. The molecule has 29 heavy (non-hydrogen) atoms. The van der Waals surface area contributed by atoms with Gasteiger partial charge in [-0.3, -0.25) is 9.48 Å². The Morgan fingerprint density at radius 1 is 1.28 bits per heavy atom. The number of nitrogens with two attached hydrogens (primary N) is 1. The summed E-state index contributed by atoms with van der Waals surface area (Å²) in [5, 5.41) is 11.0. The highest BCUT2D eigenvalue weighted by Crippen LogP contribution is 2.37. The summed E-state index contributed by atoms with van der Waals surface area (Å²) in [6.45, 7) is 2.10. The molecule has 1 aliphatic rings. The third kappa shape index (κ3) is 4.94. The van der Waals surface area contributed by atoms with Crippen molar-refractivity contribution in [2.45, 2.75) is 45.4 Å². The largest absolute Gasteiger partial charge is 0.462 e. The predicted octanol–water partition coefficient (Wildman–Crippen LogP) is 3.23. The molecule has 4 N–H and O–H groups in total. The number of thiocarbonyl (C=S) groups is 1. The number of thiophene rings is 1. The minimum atomic E-state index is -0.651. The summed E-state index contributed by atoms with van der Waals surface area (Å²) < 4.78 is 6.79. The lowest BCUT2D eigenvalue weighted by Gasteiger charge is -2.12. The van der Waals surface area contributed by atoms with Crippen LogP contribution >= 0.6 is 23.6 Å². The number of nitrogens with one attached hydrogen (secondary N) is 2. The van der Waals surface area contributed by atoms with Crippen molar-refractivity contribution >= 4 is 51.2 Å². The Balaban J connectivity index is 1.87. The molecule has 0 saturated heterocycles. The lowest BCUT2D eigenvalue weighted by molar-refractivity contribution is 0.0526. The average molecular weight is 436 g/mol. The smallest absolute Gasteiger partial charge is 0.341 e. The molecule has 0 aromatic carbocycles. The molecule has 2 aromatic rings. The van der Waals surface area contributed by atoms with Crippen molar-refractivity contribution in [2.75, 3.05) is 17.2 Å². The Morgan fingerprint density at radius 3 is 2.69 bits per heavy atom. The molecule has 0 spiro atoms. The van der Waals surface area contributed by atoms with Crippen molar-refractivity contribution in [2.24, 2.45) is 12.8 Å². The van der Waals surface area contributed by atoms with E-state index in [2.05, 4.69) is 15.7 Å². The minimum Gasteiger partial charge on any atom is -0.462 e. The Labute approximate surface area is 178 Å². The van der Waals surface area contributed by atoms with Crippen molar-refractivity contribution in [3.05, 3.63) is 27.9 Å². The number of aryl methyl sites for hydroxylation is 2. The monoisotopic (exact) mass is 435 g/mol. The number of aromatic nitrogens is 2. The number of amides is 1. The first-order valence-corrected chi connectivity index (χ1v) is 10.9. The number of fused-ring (bicyclic) bond motifs is 1. The molecule has 8 nitrogen and oxygen atoms in total. The molecule has 0 bridgehead atoms. The second-order valence-electron chi connectivity index (χ2n) is 6.85. The van der Waals surface area contributed by atoms with Crippen molar-refractivity contribution < 1.29 is 14.3 Å². The number of esters is 1. The number of anilines is 2. The third-order valence-corrected chi connectivity index (χ3v) is 6.10. The maximum absolute atomic E-state index is 12.7. The number of hydrogen-bond acceptors (Lipinski definition) is 6. The Bertz CT molecular complexity index is 935. The van der Waals surface area contributed by atoms with E-state index in [-0.39, 0.29) is 16.8 Å². The molecular weight excluding hydrogens is 410 g/mol. The van der Waals surface area contributed by atoms with Gasteiger partial charge in [0.1, 0.15) is 5.00 Å². The number of ether oxygens (including phenoxy) is 1. The Kier molecular flexibility index (Phi) is 6.86. The summed E-state index contributed by atoms with van der Waals surface area (Å²) in [5.41, 5.74) is 7.51. The van der Waals surface area contributed by atoms with E-state index in [0.717, 1.165) is 37.7 Å². The van der Waals surface area contributed by atoms with E-state index < -0.39 is 5.91 Å². The highest BCUT2D eigenvalue weighted by molar-refractivity contribution is 7.80. The van der Waals surface area contributed by atoms with Gasteiger partial charge in [-0.15, -0.1) is 11.3 Å². The number of hydrogen-bond donors (Lipinski definition) is 3. The van der Waals surface area contributed by atoms with Crippen LogP contribution in [0.5, 0.6) is 0 Å². The molecule has 2 aromatic heterocycles. The van der Waals surface area contributed by atoms with Gasteiger partial charge in [-0.2, -0.15) is 5.10 Å². The van der Waals surface area contributed by atoms with Gasteiger partial charge in [-0.05, 0) is 50.4 Å². The summed E-state index contributed by atoms with van der Waals surface area (Å²) in [6.07, 6.45) is 7.95. The second kappa shape index (κ2) is 9.36. The number of carbonyl (C=O) groups is 2.